The summed E-state index contributed by atoms with van der Waals surface area (Å²) in [5, 5.41) is 11.0. The fraction of sp³-hybridized carbons (Fsp3) is 0.423. The predicted molar refractivity (Wildman–Crippen MR) is 143 cm³/mol. The summed E-state index contributed by atoms with van der Waals surface area (Å²) in [6.07, 6.45) is 4.58. The van der Waals surface area contributed by atoms with Crippen molar-refractivity contribution in [2.45, 2.75) is 39.5 Å². The van der Waals surface area contributed by atoms with Crippen molar-refractivity contribution in [2.75, 3.05) is 36.8 Å². The van der Waals surface area contributed by atoms with E-state index >= 15 is 0 Å². The molecule has 1 spiro atoms. The third-order valence-electron chi connectivity index (χ3n) is 6.34. The van der Waals surface area contributed by atoms with Gasteiger partial charge in [0.25, 0.3) is 0 Å². The number of ether oxygens (including phenoxy) is 1. The van der Waals surface area contributed by atoms with Crippen molar-refractivity contribution in [3.05, 3.63) is 59.5 Å². The lowest BCUT2D eigenvalue weighted by atomic mass is 9.73. The number of anilines is 3. The van der Waals surface area contributed by atoms with E-state index in [1.54, 1.807) is 26.9 Å². The number of likely N-dealkylation sites (tertiary alicyclic amines) is 2. The number of nitrogens with one attached hydrogen (secondary N) is 2. The summed E-state index contributed by atoms with van der Waals surface area (Å²) in [6.45, 7) is 8.76. The van der Waals surface area contributed by atoms with Crippen LogP contribution in [0, 0.1) is 5.41 Å². The average Bonchev–Trinajstić information content (AvgIpc) is 3.23. The number of hydrogen-bond donors (Lipinski definition) is 2. The van der Waals surface area contributed by atoms with E-state index in [1.807, 2.05) is 51.1 Å². The molecule has 200 valence electrons. The zero-order chi connectivity index (χ0) is 26.9. The monoisotopic (exact) mass is 538 g/mol. The summed E-state index contributed by atoms with van der Waals surface area (Å²) in [6, 6.07) is 9.94. The number of rotatable bonds is 7. The second-order valence-electron chi connectivity index (χ2n) is 10.9. The van der Waals surface area contributed by atoms with Crippen molar-refractivity contribution in [3.63, 3.8) is 0 Å². The predicted octanol–water partition coefficient (Wildman–Crippen LogP) is 3.76. The van der Waals surface area contributed by atoms with Crippen molar-refractivity contribution in [2.24, 2.45) is 5.41 Å². The number of aromatic nitrogens is 4. The van der Waals surface area contributed by atoms with Crippen LogP contribution in [0.4, 0.5) is 22.2 Å². The molecule has 5 rings (SSSR count). The molecule has 12 heteroatoms. The maximum absolute atomic E-state index is 12.8. The third kappa shape index (κ3) is 5.99. The van der Waals surface area contributed by atoms with Crippen molar-refractivity contribution in [1.29, 1.82) is 0 Å². The van der Waals surface area contributed by atoms with E-state index in [0.717, 1.165) is 5.56 Å². The minimum absolute atomic E-state index is 0.0123. The molecule has 38 heavy (non-hydrogen) atoms. The van der Waals surface area contributed by atoms with Gasteiger partial charge in [-0.05, 0) is 26.3 Å². The number of hydrogen-bond acceptors (Lipinski definition) is 8. The zero-order valence-electron chi connectivity index (χ0n) is 21.6. The fourth-order valence-corrected chi connectivity index (χ4v) is 4.73. The second-order valence-corrected chi connectivity index (χ2v) is 11.3. The Bertz CT molecular complexity index is 1310. The Morgan fingerprint density at radius 1 is 1.08 bits per heavy atom. The van der Waals surface area contributed by atoms with Gasteiger partial charge in [-0.1, -0.05) is 41.9 Å². The Hall–Kier alpha value is -3.86. The molecule has 0 unspecified atom stereocenters. The molecule has 1 aromatic carbocycles. The minimum Gasteiger partial charge on any atom is -0.444 e. The van der Waals surface area contributed by atoms with E-state index in [9.17, 15) is 9.59 Å². The van der Waals surface area contributed by atoms with Crippen LogP contribution in [0.5, 0.6) is 0 Å². The molecular formula is C26H31ClN8O3. The van der Waals surface area contributed by atoms with Gasteiger partial charge in [0.15, 0.2) is 5.82 Å². The summed E-state index contributed by atoms with van der Waals surface area (Å²) in [7, 11) is 0. The molecule has 2 aliphatic rings. The first kappa shape index (κ1) is 25.8. The number of benzene rings is 1. The van der Waals surface area contributed by atoms with Gasteiger partial charge < -0.3 is 25.2 Å². The first-order valence-corrected chi connectivity index (χ1v) is 12.8. The van der Waals surface area contributed by atoms with Gasteiger partial charge in [0.2, 0.25) is 11.9 Å². The Morgan fingerprint density at radius 3 is 2.50 bits per heavy atom. The van der Waals surface area contributed by atoms with Gasteiger partial charge in [-0.3, -0.25) is 9.48 Å². The summed E-state index contributed by atoms with van der Waals surface area (Å²) >= 11 is 6.26. The number of halogens is 1. The summed E-state index contributed by atoms with van der Waals surface area (Å²) in [5.74, 6) is 0.861. The SMILES string of the molecule is CC(C)(C)OC(=O)N1CC2(CN(C(=O)Cn3cc(Nc4ncc(Cl)c(NCc5ccccc5)n4)cn3)C2)C1. The first-order chi connectivity index (χ1) is 18.1. The molecule has 4 heterocycles. The minimum atomic E-state index is -0.514. The van der Waals surface area contributed by atoms with Crippen LogP contribution in [0.3, 0.4) is 0 Å². The summed E-state index contributed by atoms with van der Waals surface area (Å²) < 4.78 is 6.99. The van der Waals surface area contributed by atoms with E-state index in [4.69, 9.17) is 16.3 Å². The fourth-order valence-electron chi connectivity index (χ4n) is 4.57. The molecule has 2 N–H and O–H groups in total. The molecule has 11 nitrogen and oxygen atoms in total. The van der Waals surface area contributed by atoms with Gasteiger partial charge in [0.05, 0.1) is 18.1 Å². The average molecular weight is 539 g/mol. The van der Waals surface area contributed by atoms with Gasteiger partial charge in [-0.2, -0.15) is 10.1 Å². The van der Waals surface area contributed by atoms with Crippen LogP contribution in [0.1, 0.15) is 26.3 Å². The van der Waals surface area contributed by atoms with Crippen molar-refractivity contribution >= 4 is 41.1 Å². The summed E-state index contributed by atoms with van der Waals surface area (Å²) in [5.41, 5.74) is 1.23. The standard InChI is InChI=1S/C26H31ClN8O3/c1-25(2,3)38-24(37)34-16-26(17-34)14-33(15-26)21(36)13-35-12-19(10-30-35)31-23-29-11-20(27)22(32-23)28-9-18-7-5-4-6-8-18/h4-8,10-12H,9,13-17H2,1-3H3,(H2,28,29,31,32). The topological polar surface area (TPSA) is 118 Å². The molecule has 2 fully saturated rings. The van der Waals surface area contributed by atoms with E-state index in [0.29, 0.717) is 55.2 Å². The smallest absolute Gasteiger partial charge is 0.410 e. The molecule has 0 atom stereocenters. The molecular weight excluding hydrogens is 508 g/mol. The lowest BCUT2D eigenvalue weighted by Gasteiger charge is -2.59. The van der Waals surface area contributed by atoms with Crippen LogP contribution in [-0.2, 0) is 22.6 Å². The number of amides is 2. The van der Waals surface area contributed by atoms with Crippen LogP contribution in [0.2, 0.25) is 5.02 Å². The zero-order valence-corrected chi connectivity index (χ0v) is 22.4. The molecule has 2 saturated heterocycles. The van der Waals surface area contributed by atoms with Crippen molar-refractivity contribution in [3.8, 4) is 0 Å². The van der Waals surface area contributed by atoms with Crippen LogP contribution in [0.25, 0.3) is 0 Å². The maximum Gasteiger partial charge on any atom is 0.410 e. The molecule has 0 aliphatic carbocycles. The molecule has 3 aromatic rings. The Labute approximate surface area is 226 Å². The van der Waals surface area contributed by atoms with Crippen LogP contribution in [-0.4, -0.2) is 73.3 Å². The summed E-state index contributed by atoms with van der Waals surface area (Å²) in [4.78, 5) is 37.1. The van der Waals surface area contributed by atoms with Gasteiger partial charge in [-0.15, -0.1) is 0 Å². The highest BCUT2D eigenvalue weighted by Crippen LogP contribution is 2.40. The molecule has 2 amide bonds. The van der Waals surface area contributed by atoms with Crippen LogP contribution >= 0.6 is 11.6 Å². The van der Waals surface area contributed by atoms with Crippen molar-refractivity contribution < 1.29 is 14.3 Å². The van der Waals surface area contributed by atoms with Gasteiger partial charge in [0.1, 0.15) is 17.2 Å². The van der Waals surface area contributed by atoms with E-state index in [-0.39, 0.29) is 24.0 Å². The highest BCUT2D eigenvalue weighted by molar-refractivity contribution is 6.32. The lowest BCUT2D eigenvalue weighted by molar-refractivity contribution is -0.157. The lowest BCUT2D eigenvalue weighted by Crippen LogP contribution is -2.74. The van der Waals surface area contributed by atoms with Crippen LogP contribution in [0.15, 0.2) is 48.9 Å². The van der Waals surface area contributed by atoms with E-state index < -0.39 is 5.60 Å². The number of carbonyl (C=O) groups excluding carboxylic acids is 2. The maximum atomic E-state index is 12.8. The normalized spacial score (nSPS) is 16.0. The Morgan fingerprint density at radius 2 is 1.79 bits per heavy atom. The highest BCUT2D eigenvalue weighted by Gasteiger charge is 2.55. The third-order valence-corrected chi connectivity index (χ3v) is 6.62. The molecule has 2 aliphatic heterocycles. The molecule has 0 bridgehead atoms. The Kier molecular flexibility index (Phi) is 6.87. The van der Waals surface area contributed by atoms with Gasteiger partial charge >= 0.3 is 6.09 Å². The second kappa shape index (κ2) is 10.1. The first-order valence-electron chi connectivity index (χ1n) is 12.4. The number of carbonyl (C=O) groups is 2. The van der Waals surface area contributed by atoms with Crippen LogP contribution < -0.4 is 10.6 Å². The number of nitrogens with zero attached hydrogens (tertiary/aromatic N) is 6. The highest BCUT2D eigenvalue weighted by atomic mass is 35.5. The van der Waals surface area contributed by atoms with E-state index in [2.05, 4.69) is 25.7 Å². The Balaban J connectivity index is 1.09. The largest absolute Gasteiger partial charge is 0.444 e. The molecule has 0 radical (unpaired) electrons. The van der Waals surface area contributed by atoms with Gasteiger partial charge in [-0.25, -0.2) is 9.78 Å². The van der Waals surface area contributed by atoms with E-state index in [1.165, 1.54) is 6.20 Å². The molecule has 2 aromatic heterocycles. The molecule has 0 saturated carbocycles. The van der Waals surface area contributed by atoms with Crippen molar-refractivity contribution in [1.82, 2.24) is 29.5 Å². The van der Waals surface area contributed by atoms with Gasteiger partial charge in [0, 0.05) is 44.3 Å². The quantitative estimate of drug-likeness (QED) is 0.467.